The minimum Gasteiger partial charge on any atom is -0.312 e. The molecule has 0 amide bonds. The van der Waals surface area contributed by atoms with Crippen LogP contribution in [0.15, 0.2) is 24.3 Å². The Bertz CT molecular complexity index is 399. The summed E-state index contributed by atoms with van der Waals surface area (Å²) >= 11 is 0. The largest absolute Gasteiger partial charge is 0.312 e. The minimum absolute atomic E-state index is 0.148. The molecule has 1 atom stereocenters. The van der Waals surface area contributed by atoms with E-state index in [1.807, 2.05) is 19.2 Å². The third-order valence-corrected chi connectivity index (χ3v) is 3.49. The van der Waals surface area contributed by atoms with E-state index in [0.29, 0.717) is 0 Å². The highest BCUT2D eigenvalue weighted by molar-refractivity contribution is 5.34. The van der Waals surface area contributed by atoms with Crippen molar-refractivity contribution in [2.24, 2.45) is 0 Å². The maximum atomic E-state index is 10.6. The molecule has 1 aliphatic heterocycles. The highest BCUT2D eigenvalue weighted by Crippen LogP contribution is 2.20. The number of likely N-dealkylation sites (tertiary alicyclic amines) is 1. The molecule has 5 heteroatoms. The van der Waals surface area contributed by atoms with Crippen LogP contribution in [0.2, 0.25) is 0 Å². The Hall–Kier alpha value is -1.46. The third-order valence-electron chi connectivity index (χ3n) is 3.49. The molecular weight excluding hydrogens is 230 g/mol. The molecule has 2 rings (SSSR count). The van der Waals surface area contributed by atoms with Crippen LogP contribution in [-0.4, -0.2) is 36.5 Å². The lowest BCUT2D eigenvalue weighted by Crippen LogP contribution is -2.31. The summed E-state index contributed by atoms with van der Waals surface area (Å²) in [7, 11) is 1.93. The molecule has 1 aromatic carbocycles. The lowest BCUT2D eigenvalue weighted by molar-refractivity contribution is -0.384. The van der Waals surface area contributed by atoms with Gasteiger partial charge in [-0.05, 0) is 38.5 Å². The van der Waals surface area contributed by atoms with Crippen LogP contribution >= 0.6 is 0 Å². The predicted molar refractivity (Wildman–Crippen MR) is 70.6 cm³/mol. The molecule has 0 bridgehead atoms. The fourth-order valence-electron chi connectivity index (χ4n) is 2.42. The van der Waals surface area contributed by atoms with Crippen molar-refractivity contribution >= 4 is 5.69 Å². The number of hydrogen-bond acceptors (Lipinski definition) is 4. The van der Waals surface area contributed by atoms with E-state index in [1.165, 1.54) is 12.8 Å². The maximum absolute atomic E-state index is 10.6. The first-order valence-corrected chi connectivity index (χ1v) is 6.34. The number of hydrogen-bond donors (Lipinski definition) is 1. The molecule has 0 unspecified atom stereocenters. The summed E-state index contributed by atoms with van der Waals surface area (Å²) in [5.41, 5.74) is 1.25. The second kappa shape index (κ2) is 5.93. The zero-order chi connectivity index (χ0) is 13.0. The number of nitro groups is 1. The second-order valence-electron chi connectivity index (χ2n) is 4.70. The van der Waals surface area contributed by atoms with Gasteiger partial charge in [-0.1, -0.05) is 12.1 Å². The van der Waals surface area contributed by atoms with Crippen LogP contribution in [0.3, 0.4) is 0 Å². The third kappa shape index (κ3) is 3.05. The van der Waals surface area contributed by atoms with Gasteiger partial charge in [-0.15, -0.1) is 0 Å². The molecule has 0 aliphatic carbocycles. The average molecular weight is 249 g/mol. The second-order valence-corrected chi connectivity index (χ2v) is 4.70. The highest BCUT2D eigenvalue weighted by atomic mass is 16.6. The quantitative estimate of drug-likeness (QED) is 0.640. The van der Waals surface area contributed by atoms with E-state index in [0.717, 1.165) is 25.2 Å². The number of nitrogens with zero attached hydrogens (tertiary/aromatic N) is 2. The molecule has 1 fully saturated rings. The molecule has 18 heavy (non-hydrogen) atoms. The molecule has 0 spiro atoms. The fourth-order valence-corrected chi connectivity index (χ4v) is 2.42. The first-order chi connectivity index (χ1) is 8.70. The van der Waals surface area contributed by atoms with Crippen LogP contribution in [0.4, 0.5) is 5.69 Å². The van der Waals surface area contributed by atoms with Crippen molar-refractivity contribution in [1.82, 2.24) is 10.2 Å². The smallest absolute Gasteiger partial charge is 0.269 e. The van der Waals surface area contributed by atoms with Crippen molar-refractivity contribution in [3.8, 4) is 0 Å². The van der Waals surface area contributed by atoms with Crippen LogP contribution in [0.1, 0.15) is 24.4 Å². The molecule has 1 N–H and O–H groups in total. The molecule has 1 aliphatic rings. The van der Waals surface area contributed by atoms with Crippen molar-refractivity contribution in [1.29, 1.82) is 0 Å². The number of rotatable bonds is 5. The van der Waals surface area contributed by atoms with Crippen molar-refractivity contribution < 1.29 is 4.92 Å². The molecular formula is C13H19N3O2. The van der Waals surface area contributed by atoms with Crippen LogP contribution in [0.5, 0.6) is 0 Å². The normalized spacial score (nSPS) is 17.8. The Morgan fingerprint density at radius 2 is 1.94 bits per heavy atom. The first kappa shape index (κ1) is 13.0. The number of non-ortho nitro benzene ring substituents is 1. The standard InChI is InChI=1S/C13H19N3O2/c1-14-13(10-15-8-2-3-9-15)11-4-6-12(7-5-11)16(17)18/h4-7,13-14H,2-3,8-10H2,1H3/t13-/m1/s1. The summed E-state index contributed by atoms with van der Waals surface area (Å²) in [5.74, 6) is 0. The van der Waals surface area contributed by atoms with Gasteiger partial charge in [0.1, 0.15) is 0 Å². The zero-order valence-electron chi connectivity index (χ0n) is 10.6. The zero-order valence-corrected chi connectivity index (χ0v) is 10.6. The van der Waals surface area contributed by atoms with Gasteiger partial charge in [0.2, 0.25) is 0 Å². The summed E-state index contributed by atoms with van der Waals surface area (Å²) in [6.07, 6.45) is 2.55. The average Bonchev–Trinajstić information content (AvgIpc) is 2.89. The first-order valence-electron chi connectivity index (χ1n) is 6.34. The van der Waals surface area contributed by atoms with E-state index in [9.17, 15) is 10.1 Å². The van der Waals surface area contributed by atoms with Gasteiger partial charge in [-0.25, -0.2) is 0 Å². The Morgan fingerprint density at radius 3 is 2.44 bits per heavy atom. The molecule has 98 valence electrons. The predicted octanol–water partition coefficient (Wildman–Crippen LogP) is 1.95. The van der Waals surface area contributed by atoms with E-state index in [2.05, 4.69) is 10.2 Å². The van der Waals surface area contributed by atoms with Gasteiger partial charge >= 0.3 is 0 Å². The number of likely N-dealkylation sites (N-methyl/N-ethyl adjacent to an activating group) is 1. The van der Waals surface area contributed by atoms with Crippen LogP contribution in [0, 0.1) is 10.1 Å². The molecule has 0 radical (unpaired) electrons. The molecule has 1 aromatic rings. The van der Waals surface area contributed by atoms with E-state index < -0.39 is 0 Å². The summed E-state index contributed by atoms with van der Waals surface area (Å²) < 4.78 is 0. The molecule has 0 saturated carbocycles. The van der Waals surface area contributed by atoms with Crippen molar-refractivity contribution in [2.45, 2.75) is 18.9 Å². The van der Waals surface area contributed by atoms with Gasteiger partial charge in [0.25, 0.3) is 5.69 Å². The number of benzene rings is 1. The van der Waals surface area contributed by atoms with Crippen molar-refractivity contribution in [2.75, 3.05) is 26.7 Å². The van der Waals surface area contributed by atoms with E-state index in [-0.39, 0.29) is 16.7 Å². The Labute approximate surface area is 107 Å². The van der Waals surface area contributed by atoms with Crippen molar-refractivity contribution in [3.63, 3.8) is 0 Å². The Morgan fingerprint density at radius 1 is 1.33 bits per heavy atom. The van der Waals surface area contributed by atoms with Gasteiger partial charge in [0.05, 0.1) is 4.92 Å². The fraction of sp³-hybridized carbons (Fsp3) is 0.538. The SMILES string of the molecule is CN[C@H](CN1CCCC1)c1ccc([N+](=O)[O-])cc1. The summed E-state index contributed by atoms with van der Waals surface area (Å²) in [6, 6.07) is 7.07. The molecule has 1 heterocycles. The summed E-state index contributed by atoms with van der Waals surface area (Å²) in [6.45, 7) is 3.28. The van der Waals surface area contributed by atoms with E-state index >= 15 is 0 Å². The monoisotopic (exact) mass is 249 g/mol. The Balaban J connectivity index is 2.04. The molecule has 1 saturated heterocycles. The van der Waals surface area contributed by atoms with E-state index in [4.69, 9.17) is 0 Å². The van der Waals surface area contributed by atoms with Crippen LogP contribution < -0.4 is 5.32 Å². The van der Waals surface area contributed by atoms with Gasteiger partial charge < -0.3 is 10.2 Å². The van der Waals surface area contributed by atoms with Gasteiger partial charge in [-0.2, -0.15) is 0 Å². The van der Waals surface area contributed by atoms with Gasteiger partial charge in [-0.3, -0.25) is 10.1 Å². The highest BCUT2D eigenvalue weighted by Gasteiger charge is 2.18. The topological polar surface area (TPSA) is 58.4 Å². The molecule has 0 aromatic heterocycles. The van der Waals surface area contributed by atoms with Crippen LogP contribution in [-0.2, 0) is 0 Å². The lowest BCUT2D eigenvalue weighted by Gasteiger charge is -2.23. The lowest BCUT2D eigenvalue weighted by atomic mass is 10.1. The van der Waals surface area contributed by atoms with E-state index in [1.54, 1.807) is 12.1 Å². The Kier molecular flexibility index (Phi) is 4.28. The number of nitro benzene ring substituents is 1. The minimum atomic E-state index is -0.362. The van der Waals surface area contributed by atoms with Gasteiger partial charge in [0.15, 0.2) is 0 Å². The van der Waals surface area contributed by atoms with Gasteiger partial charge in [0, 0.05) is 24.7 Å². The molecule has 5 nitrogen and oxygen atoms in total. The van der Waals surface area contributed by atoms with Crippen molar-refractivity contribution in [3.05, 3.63) is 39.9 Å². The maximum Gasteiger partial charge on any atom is 0.269 e. The summed E-state index contributed by atoms with van der Waals surface area (Å²) in [5, 5.41) is 13.9. The summed E-state index contributed by atoms with van der Waals surface area (Å²) in [4.78, 5) is 12.7. The number of nitrogens with one attached hydrogen (secondary N) is 1. The van der Waals surface area contributed by atoms with Crippen LogP contribution in [0.25, 0.3) is 0 Å².